The minimum atomic E-state index is -0.699. The molecule has 26 heavy (non-hydrogen) atoms. The van der Waals surface area contributed by atoms with E-state index in [-0.39, 0.29) is 12.1 Å². The van der Waals surface area contributed by atoms with Crippen LogP contribution in [0, 0.1) is 0 Å². The summed E-state index contributed by atoms with van der Waals surface area (Å²) in [7, 11) is 1.32. The summed E-state index contributed by atoms with van der Waals surface area (Å²) in [5.41, 5.74) is 1.56. The molecule has 0 aromatic heterocycles. The minimum Gasteiger partial charge on any atom is -0.491 e. The van der Waals surface area contributed by atoms with Crippen LogP contribution in [0.2, 0.25) is 5.02 Å². The molecule has 0 bridgehead atoms. The Hall–Kier alpha value is -2.21. The van der Waals surface area contributed by atoms with Crippen molar-refractivity contribution in [2.24, 2.45) is 0 Å². The summed E-state index contributed by atoms with van der Waals surface area (Å²) in [6.07, 6.45) is 2.28. The molecule has 0 saturated heterocycles. The molecule has 6 nitrogen and oxygen atoms in total. The Morgan fingerprint density at radius 3 is 2.69 bits per heavy atom. The van der Waals surface area contributed by atoms with E-state index >= 15 is 0 Å². The molecule has 1 aromatic carbocycles. The van der Waals surface area contributed by atoms with Crippen LogP contribution in [0.25, 0.3) is 0 Å². The van der Waals surface area contributed by atoms with Crippen molar-refractivity contribution >= 4 is 23.6 Å². The van der Waals surface area contributed by atoms with Crippen molar-refractivity contribution in [3.8, 4) is 5.75 Å². The third-order valence-electron chi connectivity index (χ3n) is 3.98. The van der Waals surface area contributed by atoms with E-state index in [0.29, 0.717) is 34.0 Å². The molecule has 1 aliphatic heterocycles. The first kappa shape index (κ1) is 20.1. The van der Waals surface area contributed by atoms with Gasteiger partial charge in [0.15, 0.2) is 0 Å². The van der Waals surface area contributed by atoms with Crippen molar-refractivity contribution in [2.75, 3.05) is 7.11 Å². The van der Waals surface area contributed by atoms with E-state index in [1.165, 1.54) is 7.11 Å². The molecule has 0 spiro atoms. The van der Waals surface area contributed by atoms with Gasteiger partial charge in [-0.2, -0.15) is 0 Å². The molecule has 1 aliphatic rings. The average molecular weight is 381 g/mol. The van der Waals surface area contributed by atoms with Crippen LogP contribution in [0.15, 0.2) is 29.5 Å². The predicted molar refractivity (Wildman–Crippen MR) is 100 cm³/mol. The second kappa shape index (κ2) is 8.94. The largest absolute Gasteiger partial charge is 0.491 e. The zero-order valence-corrected chi connectivity index (χ0v) is 16.3. The van der Waals surface area contributed by atoms with Gasteiger partial charge in [-0.25, -0.2) is 9.59 Å². The van der Waals surface area contributed by atoms with Gasteiger partial charge < -0.3 is 20.1 Å². The molecule has 1 unspecified atom stereocenters. The second-order valence-corrected chi connectivity index (χ2v) is 6.80. The summed E-state index contributed by atoms with van der Waals surface area (Å²) in [4.78, 5) is 24.7. The average Bonchev–Trinajstić information content (AvgIpc) is 2.59. The third-order valence-corrected chi connectivity index (χ3v) is 4.22. The number of amides is 2. The fourth-order valence-corrected chi connectivity index (χ4v) is 3.04. The number of hydrogen-bond acceptors (Lipinski definition) is 4. The van der Waals surface area contributed by atoms with E-state index in [1.807, 2.05) is 20.8 Å². The first-order chi connectivity index (χ1) is 12.4. The van der Waals surface area contributed by atoms with Gasteiger partial charge in [-0.05, 0) is 44.9 Å². The number of halogens is 1. The first-order valence-electron chi connectivity index (χ1n) is 8.72. The Balaban J connectivity index is 2.58. The standard InChI is InChI=1S/C19H25ClN2O4/c1-5-6-7-14-16(18(23)25-4)17(22-19(24)21-14)13-10-12(20)8-9-15(13)26-11(2)3/h8-11,17H,5-7H2,1-4H3,(H2,21,22,24). The van der Waals surface area contributed by atoms with E-state index < -0.39 is 12.0 Å². The van der Waals surface area contributed by atoms with Gasteiger partial charge in [0.25, 0.3) is 0 Å². The number of unbranched alkanes of at least 4 members (excludes halogenated alkanes) is 1. The summed E-state index contributed by atoms with van der Waals surface area (Å²) in [6, 6.07) is 4.09. The SMILES string of the molecule is CCCCC1=C(C(=O)OC)C(c2cc(Cl)ccc2OC(C)C)NC(=O)N1. The fourth-order valence-electron chi connectivity index (χ4n) is 2.86. The highest BCUT2D eigenvalue weighted by Gasteiger charge is 2.35. The summed E-state index contributed by atoms with van der Waals surface area (Å²) in [5, 5.41) is 6.03. The number of nitrogens with one attached hydrogen (secondary N) is 2. The molecule has 0 saturated carbocycles. The number of methoxy groups -OCH3 is 1. The number of ether oxygens (including phenoxy) is 2. The maximum atomic E-state index is 12.5. The fraction of sp³-hybridized carbons (Fsp3) is 0.474. The third kappa shape index (κ3) is 4.69. The Morgan fingerprint density at radius 2 is 2.08 bits per heavy atom. The van der Waals surface area contributed by atoms with Crippen LogP contribution in [0.1, 0.15) is 51.6 Å². The van der Waals surface area contributed by atoms with Gasteiger partial charge in [-0.1, -0.05) is 24.9 Å². The zero-order valence-electron chi connectivity index (χ0n) is 15.5. The molecular weight excluding hydrogens is 356 g/mol. The Labute approximate surface area is 158 Å². The van der Waals surface area contributed by atoms with Crippen molar-refractivity contribution < 1.29 is 19.1 Å². The van der Waals surface area contributed by atoms with Gasteiger partial charge in [0.2, 0.25) is 0 Å². The zero-order chi connectivity index (χ0) is 19.3. The number of urea groups is 1. The van der Waals surface area contributed by atoms with E-state index in [0.717, 1.165) is 12.8 Å². The van der Waals surface area contributed by atoms with Crippen molar-refractivity contribution in [2.45, 2.75) is 52.2 Å². The monoisotopic (exact) mass is 380 g/mol. The molecule has 0 aliphatic carbocycles. The van der Waals surface area contributed by atoms with Crippen molar-refractivity contribution in [1.29, 1.82) is 0 Å². The molecule has 1 atom stereocenters. The van der Waals surface area contributed by atoms with Gasteiger partial charge >= 0.3 is 12.0 Å². The van der Waals surface area contributed by atoms with Gasteiger partial charge in [0, 0.05) is 16.3 Å². The second-order valence-electron chi connectivity index (χ2n) is 6.37. The molecule has 2 amide bonds. The summed E-state index contributed by atoms with van der Waals surface area (Å²) in [6.45, 7) is 5.86. The predicted octanol–water partition coefficient (Wildman–Crippen LogP) is 4.10. The summed E-state index contributed by atoms with van der Waals surface area (Å²) < 4.78 is 10.8. The van der Waals surface area contributed by atoms with Crippen LogP contribution in [0.3, 0.4) is 0 Å². The number of rotatable bonds is 7. The van der Waals surface area contributed by atoms with Crippen LogP contribution in [-0.4, -0.2) is 25.2 Å². The van der Waals surface area contributed by atoms with Crippen molar-refractivity contribution in [3.05, 3.63) is 40.1 Å². The molecule has 0 fully saturated rings. The van der Waals surface area contributed by atoms with Crippen LogP contribution in [-0.2, 0) is 9.53 Å². The molecule has 1 aromatic rings. The van der Waals surface area contributed by atoms with E-state index in [4.69, 9.17) is 21.1 Å². The Bertz CT molecular complexity index is 715. The van der Waals surface area contributed by atoms with E-state index in [2.05, 4.69) is 10.6 Å². The van der Waals surface area contributed by atoms with Crippen LogP contribution < -0.4 is 15.4 Å². The first-order valence-corrected chi connectivity index (χ1v) is 9.10. The van der Waals surface area contributed by atoms with Gasteiger partial charge in [0.1, 0.15) is 5.75 Å². The van der Waals surface area contributed by atoms with Crippen molar-refractivity contribution in [1.82, 2.24) is 10.6 Å². The molecule has 1 heterocycles. The quantitative estimate of drug-likeness (QED) is 0.698. The number of esters is 1. The molecule has 142 valence electrons. The molecule has 2 rings (SSSR count). The van der Waals surface area contributed by atoms with Gasteiger partial charge in [-0.3, -0.25) is 0 Å². The maximum absolute atomic E-state index is 12.5. The maximum Gasteiger partial charge on any atom is 0.337 e. The topological polar surface area (TPSA) is 76.7 Å². The lowest BCUT2D eigenvalue weighted by Crippen LogP contribution is -2.46. The van der Waals surface area contributed by atoms with Crippen LogP contribution >= 0.6 is 11.6 Å². The molecule has 7 heteroatoms. The Morgan fingerprint density at radius 1 is 1.35 bits per heavy atom. The molecular formula is C19H25ClN2O4. The number of benzene rings is 1. The van der Waals surface area contributed by atoms with E-state index in [1.54, 1.807) is 18.2 Å². The highest BCUT2D eigenvalue weighted by Crippen LogP contribution is 2.36. The minimum absolute atomic E-state index is 0.0718. The molecule has 0 radical (unpaired) electrons. The Kier molecular flexibility index (Phi) is 6.91. The lowest BCUT2D eigenvalue weighted by atomic mass is 9.93. The lowest BCUT2D eigenvalue weighted by Gasteiger charge is -2.30. The number of hydrogen-bond donors (Lipinski definition) is 2. The van der Waals surface area contributed by atoms with E-state index in [9.17, 15) is 9.59 Å². The number of carbonyl (C=O) groups excluding carboxylic acids is 2. The van der Waals surface area contributed by atoms with Crippen molar-refractivity contribution in [3.63, 3.8) is 0 Å². The van der Waals surface area contributed by atoms with Crippen LogP contribution in [0.5, 0.6) is 5.75 Å². The smallest absolute Gasteiger partial charge is 0.337 e. The van der Waals surface area contributed by atoms with Gasteiger partial charge in [0.05, 0.1) is 24.8 Å². The highest BCUT2D eigenvalue weighted by atomic mass is 35.5. The summed E-state index contributed by atoms with van der Waals surface area (Å²) >= 11 is 6.17. The summed E-state index contributed by atoms with van der Waals surface area (Å²) in [5.74, 6) is 0.0666. The normalized spacial score (nSPS) is 17.0. The van der Waals surface area contributed by atoms with Gasteiger partial charge in [-0.15, -0.1) is 0 Å². The lowest BCUT2D eigenvalue weighted by molar-refractivity contribution is -0.136. The number of allylic oxidation sites excluding steroid dienone is 1. The van der Waals surface area contributed by atoms with Crippen LogP contribution in [0.4, 0.5) is 4.79 Å². The molecule has 2 N–H and O–H groups in total. The highest BCUT2D eigenvalue weighted by molar-refractivity contribution is 6.30. The number of carbonyl (C=O) groups is 2.